The highest BCUT2D eigenvalue weighted by atomic mass is 32.1. The Kier molecular flexibility index (Phi) is 6.16. The summed E-state index contributed by atoms with van der Waals surface area (Å²) in [7, 11) is 0. The number of hydrogen-bond acceptors (Lipinski definition) is 6. The second-order valence-electron chi connectivity index (χ2n) is 11.9. The molecule has 3 N–H and O–H groups in total. The van der Waals surface area contributed by atoms with Crippen LogP contribution in [0.3, 0.4) is 0 Å². The number of benzene rings is 2. The van der Waals surface area contributed by atoms with Crippen molar-refractivity contribution in [3.05, 3.63) is 60.2 Å². The highest BCUT2D eigenvalue weighted by Crippen LogP contribution is 2.38. The van der Waals surface area contributed by atoms with E-state index in [-0.39, 0.29) is 12.1 Å². The number of nitrogens with zero attached hydrogens (tertiary/aromatic N) is 3. The first-order valence-electron chi connectivity index (χ1n) is 14.1. The normalized spacial score (nSPS) is 19.7. The van der Waals surface area contributed by atoms with Crippen molar-refractivity contribution in [3.63, 3.8) is 0 Å². The standard InChI is InChI=1S/C31H34N6O2S/c1-31(2,3)39-30(38)37-15-5-7-25(37)29-34-21-11-9-19(17-24(21)36-29)27-13-12-26(40-27)18-8-10-20-23(16-18)35-28(33-20)22-6-4-14-32-22/h8-13,16-17,22,25,32H,4-7,14-15H2,1-3H3,(H,33,35)(H,34,36)/t22-,25-/m0/s1. The molecule has 3 aromatic heterocycles. The first-order valence-corrected chi connectivity index (χ1v) is 15.0. The molecule has 0 aliphatic carbocycles. The van der Waals surface area contributed by atoms with Crippen LogP contribution in [0.5, 0.6) is 0 Å². The lowest BCUT2D eigenvalue weighted by Gasteiger charge is -2.27. The molecular formula is C31H34N6O2S. The van der Waals surface area contributed by atoms with Gasteiger partial charge < -0.3 is 20.0 Å². The molecule has 2 aliphatic heterocycles. The second kappa shape index (κ2) is 9.74. The molecule has 2 aromatic carbocycles. The van der Waals surface area contributed by atoms with Gasteiger partial charge in [-0.15, -0.1) is 11.3 Å². The summed E-state index contributed by atoms with van der Waals surface area (Å²) in [6, 6.07) is 17.4. The molecular weight excluding hydrogens is 520 g/mol. The van der Waals surface area contributed by atoms with Gasteiger partial charge in [0.15, 0.2) is 0 Å². The van der Waals surface area contributed by atoms with E-state index in [0.29, 0.717) is 12.6 Å². The van der Waals surface area contributed by atoms with Crippen molar-refractivity contribution in [1.82, 2.24) is 30.2 Å². The van der Waals surface area contributed by atoms with Gasteiger partial charge in [-0.1, -0.05) is 12.1 Å². The van der Waals surface area contributed by atoms with Crippen LogP contribution in [0, 0.1) is 0 Å². The van der Waals surface area contributed by atoms with Crippen LogP contribution in [0.25, 0.3) is 42.9 Å². The molecule has 0 bridgehead atoms. The van der Waals surface area contributed by atoms with E-state index in [1.165, 1.54) is 21.7 Å². The Bertz CT molecular complexity index is 1700. The fourth-order valence-electron chi connectivity index (χ4n) is 5.84. The van der Waals surface area contributed by atoms with Crippen molar-refractivity contribution < 1.29 is 9.53 Å². The number of aromatic amines is 2. The van der Waals surface area contributed by atoms with E-state index < -0.39 is 5.60 Å². The highest BCUT2D eigenvalue weighted by Gasteiger charge is 2.35. The Labute approximate surface area is 237 Å². The molecule has 1 amide bonds. The average Bonchev–Trinajstić information content (AvgIpc) is 3.75. The van der Waals surface area contributed by atoms with Crippen molar-refractivity contribution in [2.45, 2.75) is 64.1 Å². The number of aromatic nitrogens is 4. The first-order chi connectivity index (χ1) is 19.3. The fraction of sp³-hybridized carbons (Fsp3) is 0.387. The Balaban J connectivity index is 1.13. The number of fused-ring (bicyclic) bond motifs is 2. The van der Waals surface area contributed by atoms with Crippen LogP contribution in [0.1, 0.15) is 70.2 Å². The molecule has 0 radical (unpaired) electrons. The fourth-order valence-corrected chi connectivity index (χ4v) is 6.84. The summed E-state index contributed by atoms with van der Waals surface area (Å²) < 4.78 is 5.65. The third-order valence-corrected chi connectivity index (χ3v) is 8.95. The molecule has 7 rings (SSSR count). The molecule has 5 heterocycles. The number of ether oxygens (including phenoxy) is 1. The van der Waals surface area contributed by atoms with Crippen molar-refractivity contribution in [2.75, 3.05) is 13.1 Å². The zero-order valence-corrected chi connectivity index (χ0v) is 23.9. The topological polar surface area (TPSA) is 98.9 Å². The summed E-state index contributed by atoms with van der Waals surface area (Å²) in [5.74, 6) is 1.86. The van der Waals surface area contributed by atoms with Crippen LogP contribution < -0.4 is 5.32 Å². The molecule has 2 aliphatic rings. The minimum atomic E-state index is -0.521. The number of carbonyl (C=O) groups excluding carboxylic acids is 1. The molecule has 9 heteroatoms. The number of carbonyl (C=O) groups is 1. The second-order valence-corrected chi connectivity index (χ2v) is 12.9. The van der Waals surface area contributed by atoms with Gasteiger partial charge in [0, 0.05) is 16.3 Å². The van der Waals surface area contributed by atoms with E-state index in [1.807, 2.05) is 20.8 Å². The van der Waals surface area contributed by atoms with Crippen LogP contribution >= 0.6 is 11.3 Å². The first kappa shape index (κ1) is 25.3. The summed E-state index contributed by atoms with van der Waals surface area (Å²) >= 11 is 1.78. The SMILES string of the molecule is CC(C)(C)OC(=O)N1CCC[C@H]1c1nc2ccc(-c3ccc(-c4ccc5nc([C@@H]6CCCN6)[nH]c5c4)s3)cc2[nH]1. The summed E-state index contributed by atoms with van der Waals surface area (Å²) in [5.41, 5.74) is 5.78. The zero-order valence-electron chi connectivity index (χ0n) is 23.1. The van der Waals surface area contributed by atoms with E-state index in [2.05, 4.69) is 63.8 Å². The van der Waals surface area contributed by atoms with Crippen LogP contribution in [-0.2, 0) is 4.74 Å². The summed E-state index contributed by atoms with van der Waals surface area (Å²) in [5, 5.41) is 3.52. The van der Waals surface area contributed by atoms with E-state index in [9.17, 15) is 4.79 Å². The van der Waals surface area contributed by atoms with Gasteiger partial charge in [0.05, 0.1) is 34.2 Å². The summed E-state index contributed by atoms with van der Waals surface area (Å²) in [4.78, 5) is 33.8. The molecule has 5 aromatic rings. The van der Waals surface area contributed by atoms with Crippen molar-refractivity contribution >= 4 is 39.5 Å². The number of thiophene rings is 1. The lowest BCUT2D eigenvalue weighted by atomic mass is 10.1. The van der Waals surface area contributed by atoms with Gasteiger partial charge >= 0.3 is 6.09 Å². The molecule has 2 fully saturated rings. The van der Waals surface area contributed by atoms with Crippen LogP contribution in [0.4, 0.5) is 4.79 Å². The molecule has 40 heavy (non-hydrogen) atoms. The maximum atomic E-state index is 12.8. The summed E-state index contributed by atoms with van der Waals surface area (Å²) in [6.45, 7) is 7.43. The smallest absolute Gasteiger partial charge is 0.410 e. The van der Waals surface area contributed by atoms with Gasteiger partial charge in [-0.25, -0.2) is 14.8 Å². The largest absolute Gasteiger partial charge is 0.444 e. The number of H-pyrrole nitrogens is 2. The van der Waals surface area contributed by atoms with Gasteiger partial charge in [0.1, 0.15) is 17.2 Å². The summed E-state index contributed by atoms with van der Waals surface area (Å²) in [6.07, 6.45) is 3.86. The Hall–Kier alpha value is -3.69. The minimum Gasteiger partial charge on any atom is -0.444 e. The number of amides is 1. The number of nitrogens with one attached hydrogen (secondary N) is 3. The van der Waals surface area contributed by atoms with Crippen molar-refractivity contribution in [2.24, 2.45) is 0 Å². The molecule has 0 spiro atoms. The predicted molar refractivity (Wildman–Crippen MR) is 159 cm³/mol. The monoisotopic (exact) mass is 554 g/mol. The van der Waals surface area contributed by atoms with Crippen LogP contribution in [-0.4, -0.2) is 49.6 Å². The molecule has 8 nitrogen and oxygen atoms in total. The van der Waals surface area contributed by atoms with Crippen LogP contribution in [0.15, 0.2) is 48.5 Å². The Morgan fingerprint density at radius 3 is 2.17 bits per heavy atom. The maximum Gasteiger partial charge on any atom is 0.410 e. The molecule has 206 valence electrons. The molecule has 0 saturated carbocycles. The van der Waals surface area contributed by atoms with E-state index in [4.69, 9.17) is 14.7 Å². The number of hydrogen-bond donors (Lipinski definition) is 3. The minimum absolute atomic E-state index is 0.0959. The molecule has 2 saturated heterocycles. The van der Waals surface area contributed by atoms with Gasteiger partial charge in [-0.3, -0.25) is 4.90 Å². The van der Waals surface area contributed by atoms with Gasteiger partial charge in [-0.2, -0.15) is 0 Å². The van der Waals surface area contributed by atoms with Gasteiger partial charge in [0.25, 0.3) is 0 Å². The average molecular weight is 555 g/mol. The molecule has 0 unspecified atom stereocenters. The third kappa shape index (κ3) is 4.77. The van der Waals surface area contributed by atoms with Crippen molar-refractivity contribution in [3.8, 4) is 20.9 Å². The van der Waals surface area contributed by atoms with Gasteiger partial charge in [0.2, 0.25) is 0 Å². The lowest BCUT2D eigenvalue weighted by Crippen LogP contribution is -2.36. The lowest BCUT2D eigenvalue weighted by molar-refractivity contribution is 0.0219. The quantitative estimate of drug-likeness (QED) is 0.216. The van der Waals surface area contributed by atoms with E-state index in [0.717, 1.165) is 65.1 Å². The maximum absolute atomic E-state index is 12.8. The predicted octanol–water partition coefficient (Wildman–Crippen LogP) is 7.33. The Morgan fingerprint density at radius 2 is 1.55 bits per heavy atom. The Morgan fingerprint density at radius 1 is 0.900 bits per heavy atom. The number of imidazole rings is 2. The van der Waals surface area contributed by atoms with E-state index >= 15 is 0 Å². The highest BCUT2D eigenvalue weighted by molar-refractivity contribution is 7.18. The van der Waals surface area contributed by atoms with Gasteiger partial charge in [-0.05, 0) is 101 Å². The number of likely N-dealkylation sites (tertiary alicyclic amines) is 1. The van der Waals surface area contributed by atoms with Crippen molar-refractivity contribution in [1.29, 1.82) is 0 Å². The van der Waals surface area contributed by atoms with Crippen LogP contribution in [0.2, 0.25) is 0 Å². The number of rotatable bonds is 4. The third-order valence-electron chi connectivity index (χ3n) is 7.76. The van der Waals surface area contributed by atoms with E-state index in [1.54, 1.807) is 16.2 Å². The molecule has 2 atom stereocenters. The zero-order chi connectivity index (χ0) is 27.4.